The Balaban J connectivity index is 2.84. The molecule has 0 aliphatic carbocycles. The third-order valence-corrected chi connectivity index (χ3v) is 2.34. The SMILES string of the molecule is CCCN(CCC)c1cnnc(NC(C)(C)C)n1. The maximum absolute atomic E-state index is 4.54. The molecule has 0 aromatic carbocycles. The Morgan fingerprint density at radius 2 is 1.78 bits per heavy atom. The zero-order chi connectivity index (χ0) is 13.6. The van der Waals surface area contributed by atoms with Crippen LogP contribution in [0.5, 0.6) is 0 Å². The van der Waals surface area contributed by atoms with Gasteiger partial charge in [-0.2, -0.15) is 10.1 Å². The number of rotatable bonds is 6. The number of hydrogen-bond acceptors (Lipinski definition) is 5. The molecule has 0 unspecified atom stereocenters. The summed E-state index contributed by atoms with van der Waals surface area (Å²) < 4.78 is 0. The maximum Gasteiger partial charge on any atom is 0.245 e. The summed E-state index contributed by atoms with van der Waals surface area (Å²) in [5, 5.41) is 11.3. The lowest BCUT2D eigenvalue weighted by atomic mass is 10.1. The number of nitrogens with zero attached hydrogens (tertiary/aromatic N) is 4. The van der Waals surface area contributed by atoms with Crippen molar-refractivity contribution in [3.8, 4) is 0 Å². The first-order valence-electron chi connectivity index (χ1n) is 6.69. The van der Waals surface area contributed by atoms with Gasteiger partial charge in [-0.05, 0) is 33.6 Å². The molecule has 0 fully saturated rings. The van der Waals surface area contributed by atoms with E-state index in [1.807, 2.05) is 0 Å². The second kappa shape index (κ2) is 6.52. The van der Waals surface area contributed by atoms with Crippen LogP contribution < -0.4 is 10.2 Å². The van der Waals surface area contributed by atoms with Gasteiger partial charge in [0.25, 0.3) is 0 Å². The number of hydrogen-bond donors (Lipinski definition) is 1. The smallest absolute Gasteiger partial charge is 0.245 e. The van der Waals surface area contributed by atoms with Gasteiger partial charge in [-0.1, -0.05) is 13.8 Å². The largest absolute Gasteiger partial charge is 0.355 e. The van der Waals surface area contributed by atoms with Crippen LogP contribution >= 0.6 is 0 Å². The second-order valence-corrected chi connectivity index (χ2v) is 5.50. The van der Waals surface area contributed by atoms with Crippen molar-refractivity contribution in [1.82, 2.24) is 15.2 Å². The fourth-order valence-electron chi connectivity index (χ4n) is 1.72. The fraction of sp³-hybridized carbons (Fsp3) is 0.769. The van der Waals surface area contributed by atoms with Crippen molar-refractivity contribution in [2.45, 2.75) is 53.0 Å². The minimum Gasteiger partial charge on any atom is -0.355 e. The highest BCUT2D eigenvalue weighted by Crippen LogP contribution is 2.14. The number of aromatic nitrogens is 3. The Kier molecular flexibility index (Phi) is 5.31. The summed E-state index contributed by atoms with van der Waals surface area (Å²) in [5.41, 5.74) is -0.0549. The molecule has 0 aliphatic rings. The highest BCUT2D eigenvalue weighted by atomic mass is 15.3. The maximum atomic E-state index is 4.54. The van der Waals surface area contributed by atoms with Gasteiger partial charge in [0.2, 0.25) is 5.95 Å². The summed E-state index contributed by atoms with van der Waals surface area (Å²) in [7, 11) is 0. The molecule has 5 heteroatoms. The molecule has 0 aliphatic heterocycles. The second-order valence-electron chi connectivity index (χ2n) is 5.50. The van der Waals surface area contributed by atoms with Crippen LogP contribution in [0.2, 0.25) is 0 Å². The van der Waals surface area contributed by atoms with Gasteiger partial charge in [0.1, 0.15) is 0 Å². The van der Waals surface area contributed by atoms with Crippen molar-refractivity contribution in [3.63, 3.8) is 0 Å². The Hall–Kier alpha value is -1.39. The van der Waals surface area contributed by atoms with Crippen molar-refractivity contribution in [2.75, 3.05) is 23.3 Å². The van der Waals surface area contributed by atoms with E-state index < -0.39 is 0 Å². The molecule has 1 N–H and O–H groups in total. The molecule has 1 rings (SSSR count). The molecule has 5 nitrogen and oxygen atoms in total. The van der Waals surface area contributed by atoms with Crippen LogP contribution in [0.4, 0.5) is 11.8 Å². The Morgan fingerprint density at radius 1 is 1.17 bits per heavy atom. The Labute approximate surface area is 110 Å². The van der Waals surface area contributed by atoms with Crippen LogP contribution in [0.15, 0.2) is 6.20 Å². The van der Waals surface area contributed by atoms with Crippen LogP contribution in [-0.2, 0) is 0 Å². The normalized spacial score (nSPS) is 11.4. The van der Waals surface area contributed by atoms with E-state index in [9.17, 15) is 0 Å². The minimum absolute atomic E-state index is 0.0549. The molecule has 1 aromatic heterocycles. The van der Waals surface area contributed by atoms with E-state index in [4.69, 9.17) is 0 Å². The fourth-order valence-corrected chi connectivity index (χ4v) is 1.72. The van der Waals surface area contributed by atoms with Gasteiger partial charge >= 0.3 is 0 Å². The van der Waals surface area contributed by atoms with Gasteiger partial charge in [-0.3, -0.25) is 0 Å². The molecule has 0 atom stereocenters. The molecule has 1 heterocycles. The van der Waals surface area contributed by atoms with E-state index in [0.717, 1.165) is 31.7 Å². The van der Waals surface area contributed by atoms with Crippen molar-refractivity contribution in [3.05, 3.63) is 6.20 Å². The Morgan fingerprint density at radius 3 is 2.28 bits per heavy atom. The lowest BCUT2D eigenvalue weighted by Gasteiger charge is -2.24. The molecule has 0 radical (unpaired) electrons. The zero-order valence-electron chi connectivity index (χ0n) is 12.2. The van der Waals surface area contributed by atoms with Crippen molar-refractivity contribution < 1.29 is 0 Å². The molecule has 102 valence electrons. The van der Waals surface area contributed by atoms with E-state index in [1.165, 1.54) is 0 Å². The summed E-state index contributed by atoms with van der Waals surface area (Å²) in [6.45, 7) is 12.6. The van der Waals surface area contributed by atoms with E-state index in [-0.39, 0.29) is 5.54 Å². The highest BCUT2D eigenvalue weighted by molar-refractivity contribution is 5.40. The lowest BCUT2D eigenvalue weighted by molar-refractivity contribution is 0.621. The lowest BCUT2D eigenvalue weighted by Crippen LogP contribution is -2.30. The van der Waals surface area contributed by atoms with Gasteiger partial charge in [0.05, 0.1) is 6.20 Å². The quantitative estimate of drug-likeness (QED) is 0.842. The third kappa shape index (κ3) is 4.85. The van der Waals surface area contributed by atoms with E-state index in [2.05, 4.69) is 60.0 Å². The summed E-state index contributed by atoms with van der Waals surface area (Å²) >= 11 is 0. The van der Waals surface area contributed by atoms with Gasteiger partial charge in [-0.25, -0.2) is 0 Å². The first-order chi connectivity index (χ1) is 8.46. The van der Waals surface area contributed by atoms with Crippen molar-refractivity contribution >= 4 is 11.8 Å². The van der Waals surface area contributed by atoms with Gasteiger partial charge in [0, 0.05) is 18.6 Å². The predicted molar refractivity (Wildman–Crippen MR) is 76.0 cm³/mol. The van der Waals surface area contributed by atoms with E-state index in [0.29, 0.717) is 5.95 Å². The molecular formula is C13H25N5. The van der Waals surface area contributed by atoms with E-state index >= 15 is 0 Å². The van der Waals surface area contributed by atoms with Gasteiger partial charge < -0.3 is 10.2 Å². The van der Waals surface area contributed by atoms with Crippen LogP contribution in [0, 0.1) is 0 Å². The Bertz CT molecular complexity index is 353. The molecule has 0 saturated carbocycles. The van der Waals surface area contributed by atoms with E-state index in [1.54, 1.807) is 6.20 Å². The van der Waals surface area contributed by atoms with Crippen LogP contribution in [0.3, 0.4) is 0 Å². The van der Waals surface area contributed by atoms with Crippen LogP contribution in [0.1, 0.15) is 47.5 Å². The number of anilines is 2. The number of nitrogens with one attached hydrogen (secondary N) is 1. The van der Waals surface area contributed by atoms with Crippen molar-refractivity contribution in [1.29, 1.82) is 0 Å². The first kappa shape index (κ1) is 14.7. The summed E-state index contributed by atoms with van der Waals surface area (Å²) in [6.07, 6.45) is 3.94. The zero-order valence-corrected chi connectivity index (χ0v) is 12.2. The molecule has 0 saturated heterocycles. The van der Waals surface area contributed by atoms with Crippen LogP contribution in [0.25, 0.3) is 0 Å². The average Bonchev–Trinajstić information content (AvgIpc) is 2.27. The molecule has 0 amide bonds. The molecule has 0 spiro atoms. The molecule has 0 bridgehead atoms. The average molecular weight is 251 g/mol. The monoisotopic (exact) mass is 251 g/mol. The van der Waals surface area contributed by atoms with Gasteiger partial charge in [-0.15, -0.1) is 5.10 Å². The summed E-state index contributed by atoms with van der Waals surface area (Å²) in [6, 6.07) is 0. The first-order valence-corrected chi connectivity index (χ1v) is 6.69. The summed E-state index contributed by atoms with van der Waals surface area (Å²) in [4.78, 5) is 6.79. The summed E-state index contributed by atoms with van der Waals surface area (Å²) in [5.74, 6) is 1.50. The molecule has 1 aromatic rings. The minimum atomic E-state index is -0.0549. The molecule has 18 heavy (non-hydrogen) atoms. The van der Waals surface area contributed by atoms with Crippen molar-refractivity contribution in [2.24, 2.45) is 0 Å². The third-order valence-electron chi connectivity index (χ3n) is 2.34. The topological polar surface area (TPSA) is 53.9 Å². The van der Waals surface area contributed by atoms with Crippen LogP contribution in [-0.4, -0.2) is 33.8 Å². The standard InChI is InChI=1S/C13H25N5/c1-6-8-18(9-7-2)11-10-14-17-12(15-11)16-13(3,4)5/h10H,6-9H2,1-5H3,(H,15,16,17). The molecular weight excluding hydrogens is 226 g/mol. The predicted octanol–water partition coefficient (Wildman–Crippen LogP) is 2.71. The highest BCUT2D eigenvalue weighted by Gasteiger charge is 2.13. The van der Waals surface area contributed by atoms with Gasteiger partial charge in [0.15, 0.2) is 5.82 Å².